The number of anilines is 3. The van der Waals surface area contributed by atoms with Crippen LogP contribution in [0.2, 0.25) is 0 Å². The molecule has 2 nitrogen and oxygen atoms in total. The zero-order valence-electron chi connectivity index (χ0n) is 34.2. The van der Waals surface area contributed by atoms with Gasteiger partial charge in [-0.15, -0.1) is 0 Å². The Balaban J connectivity index is 1.03. The van der Waals surface area contributed by atoms with Gasteiger partial charge in [-0.3, -0.25) is 0 Å². The number of fused-ring (bicyclic) bond motifs is 9. The van der Waals surface area contributed by atoms with Gasteiger partial charge in [0.2, 0.25) is 0 Å². The molecule has 0 radical (unpaired) electrons. The van der Waals surface area contributed by atoms with Gasteiger partial charge in [-0.25, -0.2) is 0 Å². The second-order valence-corrected chi connectivity index (χ2v) is 16.9. The third-order valence-electron chi connectivity index (χ3n) is 13.2. The molecule has 11 aromatic rings. The van der Waals surface area contributed by atoms with Crippen LogP contribution in [0.5, 0.6) is 0 Å². The summed E-state index contributed by atoms with van der Waals surface area (Å²) in [5.41, 5.74) is 17.0. The van der Waals surface area contributed by atoms with Crippen LogP contribution < -0.4 is 4.90 Å². The normalized spacial score (nSPS) is 12.9. The van der Waals surface area contributed by atoms with Gasteiger partial charge in [-0.1, -0.05) is 172 Å². The van der Waals surface area contributed by atoms with E-state index in [1.165, 1.54) is 87.9 Å². The summed E-state index contributed by atoms with van der Waals surface area (Å²) in [6.07, 6.45) is 0. The zero-order valence-corrected chi connectivity index (χ0v) is 34.2. The van der Waals surface area contributed by atoms with E-state index < -0.39 is 0 Å². The van der Waals surface area contributed by atoms with E-state index in [9.17, 15) is 0 Å². The fourth-order valence-corrected chi connectivity index (χ4v) is 10.3. The largest absolute Gasteiger partial charge is 0.310 e. The summed E-state index contributed by atoms with van der Waals surface area (Å²) in [5, 5.41) is 7.60. The Morgan fingerprint density at radius 3 is 1.89 bits per heavy atom. The van der Waals surface area contributed by atoms with Gasteiger partial charge in [0.15, 0.2) is 0 Å². The van der Waals surface area contributed by atoms with Crippen molar-refractivity contribution < 1.29 is 0 Å². The molecule has 0 aliphatic heterocycles. The highest BCUT2D eigenvalue weighted by Crippen LogP contribution is 2.51. The molecule has 0 N–H and O–H groups in total. The Morgan fingerprint density at radius 2 is 1.00 bits per heavy atom. The lowest BCUT2D eigenvalue weighted by molar-refractivity contribution is 0.660. The van der Waals surface area contributed by atoms with Crippen molar-refractivity contribution in [3.63, 3.8) is 0 Å². The molecule has 10 aromatic carbocycles. The molecular weight excluding hydrogens is 737 g/mol. The minimum absolute atomic E-state index is 0.125. The molecule has 0 unspecified atom stereocenters. The molecule has 0 atom stereocenters. The monoisotopic (exact) mass is 778 g/mol. The first-order valence-corrected chi connectivity index (χ1v) is 21.3. The summed E-state index contributed by atoms with van der Waals surface area (Å²) in [6.45, 7) is 4.72. The van der Waals surface area contributed by atoms with E-state index in [4.69, 9.17) is 0 Å². The third-order valence-corrected chi connectivity index (χ3v) is 13.2. The van der Waals surface area contributed by atoms with Crippen LogP contribution in [-0.2, 0) is 5.41 Å². The van der Waals surface area contributed by atoms with E-state index in [-0.39, 0.29) is 5.41 Å². The van der Waals surface area contributed by atoms with Gasteiger partial charge in [-0.2, -0.15) is 0 Å². The van der Waals surface area contributed by atoms with Crippen LogP contribution in [0.3, 0.4) is 0 Å². The van der Waals surface area contributed by atoms with Crippen molar-refractivity contribution in [2.24, 2.45) is 0 Å². The number of benzene rings is 10. The zero-order chi connectivity index (χ0) is 40.7. The first-order valence-electron chi connectivity index (χ1n) is 21.3. The fraction of sp³-hybridized carbons (Fsp3) is 0.0508. The molecule has 288 valence electrons. The van der Waals surface area contributed by atoms with Crippen LogP contribution in [0.15, 0.2) is 218 Å². The number of para-hydroxylation sites is 2. The maximum absolute atomic E-state index is 2.44. The molecule has 0 saturated carbocycles. The van der Waals surface area contributed by atoms with Crippen LogP contribution in [0.25, 0.3) is 82.4 Å². The van der Waals surface area contributed by atoms with Crippen molar-refractivity contribution in [1.82, 2.24) is 4.57 Å². The van der Waals surface area contributed by atoms with Crippen molar-refractivity contribution >= 4 is 60.4 Å². The SMILES string of the molecule is CC1(C)c2ccccc2-c2ccc(N(c3ccc(-c4cccc5c4ccc4ccccc45)cc3)c3cccc(-c4cccc5c4c4ccccc4n5-c4ccccc4)c3)cc21. The average molecular weight is 779 g/mol. The molecule has 1 aromatic heterocycles. The standard InChI is InChI=1S/C59H42N2/c1-59(2)54-26-10-8-21-51(54)52-36-34-45(38-55(52)59)60(43-32-29-40(30-33-43)47-23-13-25-49-46-20-7-6-15-39(46)31-35-50(47)49)44-19-12-16-41(37-44)48-24-14-28-57-58(48)53-22-9-11-27-56(53)61(57)42-17-4-3-5-18-42/h3-38H,1-2H3. The van der Waals surface area contributed by atoms with Gasteiger partial charge in [0.25, 0.3) is 0 Å². The molecule has 0 bridgehead atoms. The first kappa shape index (κ1) is 35.3. The Labute approximate surface area is 356 Å². The highest BCUT2D eigenvalue weighted by atomic mass is 15.1. The van der Waals surface area contributed by atoms with Crippen molar-refractivity contribution in [3.05, 3.63) is 230 Å². The van der Waals surface area contributed by atoms with Crippen LogP contribution in [0.4, 0.5) is 17.1 Å². The minimum Gasteiger partial charge on any atom is -0.310 e. The van der Waals surface area contributed by atoms with Crippen molar-refractivity contribution in [1.29, 1.82) is 0 Å². The van der Waals surface area contributed by atoms with E-state index in [1.807, 2.05) is 0 Å². The Bertz CT molecular complexity index is 3500. The first-order chi connectivity index (χ1) is 30.0. The quantitative estimate of drug-likeness (QED) is 0.153. The highest BCUT2D eigenvalue weighted by Gasteiger charge is 2.35. The second-order valence-electron chi connectivity index (χ2n) is 16.9. The van der Waals surface area contributed by atoms with Crippen molar-refractivity contribution in [2.75, 3.05) is 4.90 Å². The average Bonchev–Trinajstić information content (AvgIpc) is 3.78. The van der Waals surface area contributed by atoms with Crippen LogP contribution in [0.1, 0.15) is 25.0 Å². The predicted octanol–water partition coefficient (Wildman–Crippen LogP) is 16.2. The fourth-order valence-electron chi connectivity index (χ4n) is 10.3. The molecule has 2 heteroatoms. The van der Waals surface area contributed by atoms with Crippen molar-refractivity contribution in [2.45, 2.75) is 19.3 Å². The predicted molar refractivity (Wildman–Crippen MR) is 259 cm³/mol. The molecule has 0 spiro atoms. The molecular formula is C59H42N2. The van der Waals surface area contributed by atoms with E-state index in [0.29, 0.717) is 0 Å². The van der Waals surface area contributed by atoms with Crippen molar-refractivity contribution in [3.8, 4) is 39.1 Å². The topological polar surface area (TPSA) is 8.17 Å². The maximum atomic E-state index is 2.44. The summed E-state index contributed by atoms with van der Waals surface area (Å²) in [6, 6.07) is 80.4. The summed E-state index contributed by atoms with van der Waals surface area (Å²) in [4.78, 5) is 2.44. The lowest BCUT2D eigenvalue weighted by atomic mass is 9.82. The van der Waals surface area contributed by atoms with E-state index in [2.05, 4.69) is 242 Å². The van der Waals surface area contributed by atoms with Crippen LogP contribution in [-0.4, -0.2) is 4.57 Å². The summed E-state index contributed by atoms with van der Waals surface area (Å²) >= 11 is 0. The smallest absolute Gasteiger partial charge is 0.0547 e. The van der Waals surface area contributed by atoms with Gasteiger partial charge >= 0.3 is 0 Å². The molecule has 1 heterocycles. The molecule has 1 aliphatic rings. The minimum atomic E-state index is -0.125. The van der Waals surface area contributed by atoms with Gasteiger partial charge < -0.3 is 9.47 Å². The number of aromatic nitrogens is 1. The Hall–Kier alpha value is -7.68. The third kappa shape index (κ3) is 5.49. The number of hydrogen-bond acceptors (Lipinski definition) is 1. The van der Waals surface area contributed by atoms with Gasteiger partial charge in [0.1, 0.15) is 0 Å². The van der Waals surface area contributed by atoms with E-state index >= 15 is 0 Å². The lowest BCUT2D eigenvalue weighted by Gasteiger charge is -2.28. The number of rotatable bonds is 6. The maximum Gasteiger partial charge on any atom is 0.0547 e. The van der Waals surface area contributed by atoms with E-state index in [1.54, 1.807) is 0 Å². The Kier molecular flexibility index (Phi) is 7.92. The molecule has 0 amide bonds. The van der Waals surface area contributed by atoms with Gasteiger partial charge in [0.05, 0.1) is 11.0 Å². The summed E-state index contributed by atoms with van der Waals surface area (Å²) in [5.74, 6) is 0. The molecule has 0 fully saturated rings. The number of hydrogen-bond donors (Lipinski definition) is 0. The highest BCUT2D eigenvalue weighted by molar-refractivity contribution is 6.16. The molecule has 0 saturated heterocycles. The second kappa shape index (κ2) is 13.7. The Morgan fingerprint density at radius 1 is 0.361 bits per heavy atom. The lowest BCUT2D eigenvalue weighted by Crippen LogP contribution is -2.16. The van der Waals surface area contributed by atoms with Crippen LogP contribution in [0, 0.1) is 0 Å². The number of nitrogens with zero attached hydrogens (tertiary/aromatic N) is 2. The molecule has 1 aliphatic carbocycles. The summed E-state index contributed by atoms with van der Waals surface area (Å²) in [7, 11) is 0. The van der Waals surface area contributed by atoms with E-state index in [0.717, 1.165) is 22.7 Å². The molecule has 12 rings (SSSR count). The summed E-state index contributed by atoms with van der Waals surface area (Å²) < 4.78 is 2.40. The van der Waals surface area contributed by atoms with Crippen LogP contribution >= 0.6 is 0 Å². The molecule has 61 heavy (non-hydrogen) atoms. The van der Waals surface area contributed by atoms with Gasteiger partial charge in [-0.05, 0) is 127 Å². The van der Waals surface area contributed by atoms with Gasteiger partial charge in [0, 0.05) is 38.9 Å².